The summed E-state index contributed by atoms with van der Waals surface area (Å²) < 4.78 is 0. The second kappa shape index (κ2) is 6.91. The minimum atomic E-state index is 0.253. The maximum absolute atomic E-state index is 12.5. The van der Waals surface area contributed by atoms with Gasteiger partial charge in [-0.3, -0.25) is 4.79 Å². The molecule has 0 unspecified atom stereocenters. The molecule has 114 valence electrons. The van der Waals surface area contributed by atoms with Gasteiger partial charge in [-0.15, -0.1) is 0 Å². The molecule has 1 aliphatic rings. The lowest BCUT2D eigenvalue weighted by Gasteiger charge is -2.20. The summed E-state index contributed by atoms with van der Waals surface area (Å²) in [6, 6.07) is 16.8. The van der Waals surface area contributed by atoms with E-state index in [0.29, 0.717) is 5.78 Å². The first-order valence-electron chi connectivity index (χ1n) is 8.51. The van der Waals surface area contributed by atoms with E-state index in [9.17, 15) is 4.79 Å². The number of rotatable bonds is 4. The van der Waals surface area contributed by atoms with Crippen molar-refractivity contribution in [1.82, 2.24) is 0 Å². The second-order valence-electron chi connectivity index (χ2n) is 6.33. The van der Waals surface area contributed by atoms with Crippen LogP contribution in [0.1, 0.15) is 54.9 Å². The molecule has 0 atom stereocenters. The van der Waals surface area contributed by atoms with Crippen LogP contribution in [0.2, 0.25) is 0 Å². The van der Waals surface area contributed by atoms with Gasteiger partial charge in [0.25, 0.3) is 0 Å². The maximum Gasteiger partial charge on any atom is 0.165 e. The Hall–Kier alpha value is -1.89. The molecule has 0 radical (unpaired) electrons. The minimum absolute atomic E-state index is 0.253. The number of hydrogen-bond donors (Lipinski definition) is 0. The third kappa shape index (κ3) is 3.30. The van der Waals surface area contributed by atoms with Gasteiger partial charge in [0.1, 0.15) is 0 Å². The van der Waals surface area contributed by atoms with E-state index in [1.807, 2.05) is 12.1 Å². The van der Waals surface area contributed by atoms with Crippen molar-refractivity contribution < 1.29 is 4.79 Å². The Morgan fingerprint density at radius 1 is 0.864 bits per heavy atom. The van der Waals surface area contributed by atoms with Gasteiger partial charge in [-0.1, -0.05) is 74.7 Å². The van der Waals surface area contributed by atoms with Gasteiger partial charge in [0.2, 0.25) is 0 Å². The van der Waals surface area contributed by atoms with Crippen molar-refractivity contribution >= 4 is 5.78 Å². The Labute approximate surface area is 133 Å². The minimum Gasteiger partial charge on any atom is -0.294 e. The fourth-order valence-electron chi connectivity index (χ4n) is 3.36. The Balaban J connectivity index is 1.75. The number of hydrogen-bond acceptors (Lipinski definition) is 1. The van der Waals surface area contributed by atoms with Gasteiger partial charge in [-0.25, -0.2) is 0 Å². The normalized spacial score (nSPS) is 15.7. The zero-order valence-electron chi connectivity index (χ0n) is 13.3. The number of benzene rings is 2. The van der Waals surface area contributed by atoms with Crippen LogP contribution in [-0.4, -0.2) is 5.78 Å². The molecule has 0 amide bonds. The maximum atomic E-state index is 12.5. The lowest BCUT2D eigenvalue weighted by molar-refractivity contribution is 0.0889. The highest BCUT2D eigenvalue weighted by Gasteiger charge is 2.22. The highest BCUT2D eigenvalue weighted by molar-refractivity contribution is 5.98. The predicted octanol–water partition coefficient (Wildman–Crippen LogP) is 5.68. The second-order valence-corrected chi connectivity index (χ2v) is 6.33. The van der Waals surface area contributed by atoms with E-state index in [0.717, 1.165) is 24.8 Å². The molecule has 3 rings (SSSR count). The van der Waals surface area contributed by atoms with Crippen LogP contribution >= 0.6 is 0 Å². The van der Waals surface area contributed by atoms with Gasteiger partial charge in [-0.2, -0.15) is 0 Å². The summed E-state index contributed by atoms with van der Waals surface area (Å²) >= 11 is 0. The molecule has 1 heteroatoms. The highest BCUT2D eigenvalue weighted by atomic mass is 16.1. The van der Waals surface area contributed by atoms with Gasteiger partial charge >= 0.3 is 0 Å². The predicted molar refractivity (Wildman–Crippen MR) is 92.2 cm³/mol. The Morgan fingerprint density at radius 3 is 1.95 bits per heavy atom. The van der Waals surface area contributed by atoms with Crippen molar-refractivity contribution in [1.29, 1.82) is 0 Å². The number of aryl methyl sites for hydroxylation is 1. The van der Waals surface area contributed by atoms with Crippen LogP contribution in [0.25, 0.3) is 11.1 Å². The van der Waals surface area contributed by atoms with Crippen LogP contribution in [0, 0.1) is 5.92 Å². The molecular formula is C21H24O. The van der Waals surface area contributed by atoms with E-state index in [4.69, 9.17) is 0 Å². The molecule has 1 saturated carbocycles. The summed E-state index contributed by atoms with van der Waals surface area (Å²) in [5.41, 5.74) is 4.63. The van der Waals surface area contributed by atoms with E-state index in [2.05, 4.69) is 43.3 Å². The lowest BCUT2D eigenvalue weighted by Crippen LogP contribution is -2.17. The first-order valence-corrected chi connectivity index (χ1v) is 8.51. The standard InChI is InChI=1S/C21H24O/c1-2-16-8-10-17(11-9-16)18-12-14-20(15-13-18)21(22)19-6-4-3-5-7-19/h8-15,19H,2-7H2,1H3. The molecule has 0 aliphatic heterocycles. The monoisotopic (exact) mass is 292 g/mol. The third-order valence-corrected chi connectivity index (χ3v) is 4.84. The van der Waals surface area contributed by atoms with Crippen molar-refractivity contribution in [2.24, 2.45) is 5.92 Å². The van der Waals surface area contributed by atoms with Gasteiger partial charge in [-0.05, 0) is 36.0 Å². The van der Waals surface area contributed by atoms with Crippen LogP contribution in [0.15, 0.2) is 48.5 Å². The molecule has 0 aromatic heterocycles. The smallest absolute Gasteiger partial charge is 0.165 e. The molecule has 0 bridgehead atoms. The topological polar surface area (TPSA) is 17.1 Å². The van der Waals surface area contributed by atoms with E-state index >= 15 is 0 Å². The molecule has 1 nitrogen and oxygen atoms in total. The number of carbonyl (C=O) groups is 1. The van der Waals surface area contributed by atoms with Crippen molar-refractivity contribution in [3.63, 3.8) is 0 Å². The number of ketones is 1. The Kier molecular flexibility index (Phi) is 4.72. The summed E-state index contributed by atoms with van der Waals surface area (Å²) in [5, 5.41) is 0. The van der Waals surface area contributed by atoms with Crippen molar-refractivity contribution in [2.75, 3.05) is 0 Å². The molecule has 0 heterocycles. The number of Topliss-reactive ketones (excluding diaryl/α,β-unsaturated/α-hetero) is 1. The molecular weight excluding hydrogens is 268 g/mol. The van der Waals surface area contributed by atoms with Crippen molar-refractivity contribution in [3.8, 4) is 11.1 Å². The SMILES string of the molecule is CCc1ccc(-c2ccc(C(=O)C3CCCCC3)cc2)cc1. The summed E-state index contributed by atoms with van der Waals surface area (Å²) in [6.45, 7) is 2.17. The average Bonchev–Trinajstić information content (AvgIpc) is 2.62. The molecule has 0 saturated heterocycles. The quantitative estimate of drug-likeness (QED) is 0.663. The Bertz CT molecular complexity index is 616. The van der Waals surface area contributed by atoms with Crippen LogP contribution in [-0.2, 0) is 6.42 Å². The molecule has 0 N–H and O–H groups in total. The number of carbonyl (C=O) groups excluding carboxylic acids is 1. The largest absolute Gasteiger partial charge is 0.294 e. The van der Waals surface area contributed by atoms with Crippen LogP contribution in [0.5, 0.6) is 0 Å². The molecule has 22 heavy (non-hydrogen) atoms. The van der Waals surface area contributed by atoms with Crippen LogP contribution < -0.4 is 0 Å². The highest BCUT2D eigenvalue weighted by Crippen LogP contribution is 2.28. The van der Waals surface area contributed by atoms with Gasteiger partial charge in [0.15, 0.2) is 5.78 Å². The summed E-state index contributed by atoms with van der Waals surface area (Å²) in [6.07, 6.45) is 6.90. The zero-order chi connectivity index (χ0) is 15.4. The van der Waals surface area contributed by atoms with Crippen molar-refractivity contribution in [3.05, 3.63) is 59.7 Å². The lowest BCUT2D eigenvalue weighted by atomic mass is 9.83. The summed E-state index contributed by atoms with van der Waals surface area (Å²) in [4.78, 5) is 12.5. The van der Waals surface area contributed by atoms with E-state index in [1.165, 1.54) is 36.0 Å². The van der Waals surface area contributed by atoms with Crippen molar-refractivity contribution in [2.45, 2.75) is 45.4 Å². The van der Waals surface area contributed by atoms with Crippen LogP contribution in [0.4, 0.5) is 0 Å². The molecule has 0 spiro atoms. The van der Waals surface area contributed by atoms with Crippen LogP contribution in [0.3, 0.4) is 0 Å². The molecule has 2 aromatic rings. The Morgan fingerprint density at radius 2 is 1.41 bits per heavy atom. The molecule has 1 aliphatic carbocycles. The fourth-order valence-corrected chi connectivity index (χ4v) is 3.36. The molecule has 1 fully saturated rings. The summed E-state index contributed by atoms with van der Waals surface area (Å²) in [5.74, 6) is 0.594. The zero-order valence-corrected chi connectivity index (χ0v) is 13.3. The van der Waals surface area contributed by atoms with Gasteiger partial charge < -0.3 is 0 Å². The summed E-state index contributed by atoms with van der Waals surface area (Å²) in [7, 11) is 0. The molecule has 2 aromatic carbocycles. The van der Waals surface area contributed by atoms with Gasteiger partial charge in [0.05, 0.1) is 0 Å². The first kappa shape index (κ1) is 15.0. The van der Waals surface area contributed by atoms with E-state index < -0.39 is 0 Å². The fraction of sp³-hybridized carbons (Fsp3) is 0.381. The van der Waals surface area contributed by atoms with E-state index in [1.54, 1.807) is 0 Å². The third-order valence-electron chi connectivity index (χ3n) is 4.84. The van der Waals surface area contributed by atoms with E-state index in [-0.39, 0.29) is 5.92 Å². The van der Waals surface area contributed by atoms with Gasteiger partial charge in [0, 0.05) is 11.5 Å². The first-order chi connectivity index (χ1) is 10.8. The average molecular weight is 292 g/mol.